The van der Waals surface area contributed by atoms with Crippen molar-refractivity contribution < 1.29 is 41.9 Å². The first-order chi connectivity index (χ1) is 27.9. The molecular formula is C42H42F3N7O6. The van der Waals surface area contributed by atoms with E-state index in [1.54, 1.807) is 25.2 Å². The van der Waals surface area contributed by atoms with E-state index in [1.807, 2.05) is 6.07 Å². The number of nitrogens with one attached hydrogen (secondary N) is 3. The Hall–Kier alpha value is -5.90. The maximum absolute atomic E-state index is 14.3. The first-order valence-corrected chi connectivity index (χ1v) is 19.6. The number of imide groups is 2. The molecule has 0 radical (unpaired) electrons. The van der Waals surface area contributed by atoms with Gasteiger partial charge in [-0.15, -0.1) is 0 Å². The number of likely N-dealkylation sites (tertiary alicyclic amines) is 1. The van der Waals surface area contributed by atoms with E-state index in [1.165, 1.54) is 24.5 Å². The van der Waals surface area contributed by atoms with Crippen molar-refractivity contribution in [3.63, 3.8) is 0 Å². The van der Waals surface area contributed by atoms with Gasteiger partial charge in [0.25, 0.3) is 17.7 Å². The van der Waals surface area contributed by atoms with Crippen LogP contribution in [0.3, 0.4) is 0 Å². The minimum Gasteiger partial charge on any atom is -0.478 e. The van der Waals surface area contributed by atoms with Crippen LogP contribution in [0, 0.1) is 5.92 Å². The third-order valence-corrected chi connectivity index (χ3v) is 11.4. The topological polar surface area (TPSA) is 163 Å². The lowest BCUT2D eigenvalue weighted by molar-refractivity contribution is -0.137. The zero-order chi connectivity index (χ0) is 40.7. The standard InChI is InChI=1S/C42H42F3N7O6/c1-46-37-29-19-28(31(42(43,44)45)20-32(29)47-22-30(37)38(54)49-26-7-8-26)25-6-11-35(48-21-25)58-17-3-14-51-15-12-23(13-16-51)18-24-4-2-5-27-36(24)41(57)52(40(27)56)33-9-10-34(53)50-39(33)55/h2,4-6,11,19-23,26,33H,3,7-10,12-18H2,1H3,(H,46,47)(H,49,54)(H,50,53,55). The van der Waals surface area contributed by atoms with E-state index in [2.05, 4.69) is 30.8 Å². The van der Waals surface area contributed by atoms with E-state index in [0.717, 1.165) is 61.8 Å². The normalized spacial score (nSPS) is 19.0. The highest BCUT2D eigenvalue weighted by molar-refractivity contribution is 6.24. The van der Waals surface area contributed by atoms with Crippen molar-refractivity contribution >= 4 is 46.1 Å². The minimum absolute atomic E-state index is 0.0647. The predicted octanol–water partition coefficient (Wildman–Crippen LogP) is 5.37. The van der Waals surface area contributed by atoms with Gasteiger partial charge in [-0.05, 0) is 99.3 Å². The summed E-state index contributed by atoms with van der Waals surface area (Å²) in [6, 6.07) is 9.82. The zero-order valence-electron chi connectivity index (χ0n) is 31.8. The molecule has 8 rings (SSSR count). The Morgan fingerprint density at radius 1 is 0.948 bits per heavy atom. The first kappa shape index (κ1) is 38.9. The van der Waals surface area contributed by atoms with Crippen LogP contribution in [0.2, 0.25) is 0 Å². The van der Waals surface area contributed by atoms with Crippen molar-refractivity contribution in [2.75, 3.05) is 38.6 Å². The van der Waals surface area contributed by atoms with Gasteiger partial charge in [-0.3, -0.25) is 39.2 Å². The third-order valence-electron chi connectivity index (χ3n) is 11.4. The molecule has 3 N–H and O–H groups in total. The fraction of sp³-hybridized carbons (Fsp3) is 0.405. The maximum Gasteiger partial charge on any atom is 0.417 e. The highest BCUT2D eigenvalue weighted by Gasteiger charge is 2.45. The van der Waals surface area contributed by atoms with E-state index in [0.29, 0.717) is 47.6 Å². The summed E-state index contributed by atoms with van der Waals surface area (Å²) in [6.07, 6.45) is 3.04. The molecule has 2 saturated heterocycles. The molecular weight excluding hydrogens is 755 g/mol. The molecule has 13 nitrogen and oxygen atoms in total. The molecule has 302 valence electrons. The molecule has 0 bridgehead atoms. The van der Waals surface area contributed by atoms with E-state index >= 15 is 0 Å². The summed E-state index contributed by atoms with van der Waals surface area (Å²) in [5, 5.41) is 8.50. The van der Waals surface area contributed by atoms with E-state index in [9.17, 15) is 37.1 Å². The number of hydrogen-bond acceptors (Lipinski definition) is 10. The number of fused-ring (bicyclic) bond motifs is 2. The van der Waals surface area contributed by atoms with E-state index < -0.39 is 41.4 Å². The van der Waals surface area contributed by atoms with Gasteiger partial charge < -0.3 is 20.3 Å². The quantitative estimate of drug-likeness (QED) is 0.126. The number of amides is 5. The third kappa shape index (κ3) is 7.84. The van der Waals surface area contributed by atoms with Gasteiger partial charge in [0.15, 0.2) is 0 Å². The molecule has 58 heavy (non-hydrogen) atoms. The number of alkyl halides is 3. The Morgan fingerprint density at radius 2 is 1.74 bits per heavy atom. The predicted molar refractivity (Wildman–Crippen MR) is 206 cm³/mol. The molecule has 5 heterocycles. The summed E-state index contributed by atoms with van der Waals surface area (Å²) >= 11 is 0. The van der Waals surface area contributed by atoms with Crippen LogP contribution in [0.5, 0.6) is 5.88 Å². The number of carbonyl (C=O) groups is 5. The monoisotopic (exact) mass is 797 g/mol. The summed E-state index contributed by atoms with van der Waals surface area (Å²) in [5.41, 5.74) is 1.46. The van der Waals surface area contributed by atoms with Crippen LogP contribution in [0.15, 0.2) is 54.9 Å². The van der Waals surface area contributed by atoms with Gasteiger partial charge in [0.2, 0.25) is 17.7 Å². The molecule has 2 aromatic carbocycles. The fourth-order valence-electron chi connectivity index (χ4n) is 8.21. The number of carbonyl (C=O) groups excluding carboxylic acids is 5. The Kier molecular flexibility index (Phi) is 10.6. The lowest BCUT2D eigenvalue weighted by atomic mass is 9.87. The molecule has 5 amide bonds. The van der Waals surface area contributed by atoms with Crippen LogP contribution in [0.1, 0.15) is 87.1 Å². The lowest BCUT2D eigenvalue weighted by Gasteiger charge is -2.32. The van der Waals surface area contributed by atoms with Crippen molar-refractivity contribution in [3.8, 4) is 17.0 Å². The molecule has 4 aromatic rings. The molecule has 1 atom stereocenters. The van der Waals surface area contributed by atoms with E-state index in [4.69, 9.17) is 4.74 Å². The maximum atomic E-state index is 14.3. The fourth-order valence-corrected chi connectivity index (χ4v) is 8.21. The smallest absolute Gasteiger partial charge is 0.417 e. The number of ether oxygens (including phenoxy) is 1. The van der Waals surface area contributed by atoms with Crippen LogP contribution in [0.25, 0.3) is 22.0 Å². The summed E-state index contributed by atoms with van der Waals surface area (Å²) in [7, 11) is 1.61. The molecule has 3 aliphatic heterocycles. The number of hydrogen-bond donors (Lipinski definition) is 3. The van der Waals surface area contributed by atoms with Crippen molar-refractivity contribution in [2.45, 2.75) is 69.6 Å². The zero-order valence-corrected chi connectivity index (χ0v) is 31.8. The van der Waals surface area contributed by atoms with Crippen LogP contribution >= 0.6 is 0 Å². The molecule has 16 heteroatoms. The molecule has 1 saturated carbocycles. The Labute approximate surface area is 331 Å². The molecule has 0 spiro atoms. The van der Waals surface area contributed by atoms with Gasteiger partial charge in [-0.25, -0.2) is 4.98 Å². The second-order valence-corrected chi connectivity index (χ2v) is 15.3. The average molecular weight is 798 g/mol. The minimum atomic E-state index is -4.67. The summed E-state index contributed by atoms with van der Waals surface area (Å²) in [5.74, 6) is -1.79. The average Bonchev–Trinajstić information content (AvgIpc) is 3.99. The van der Waals surface area contributed by atoms with Crippen LogP contribution in [0.4, 0.5) is 18.9 Å². The summed E-state index contributed by atoms with van der Waals surface area (Å²) in [4.78, 5) is 75.6. The number of aromatic nitrogens is 2. The van der Waals surface area contributed by atoms with Gasteiger partial charge in [0.05, 0.1) is 40.1 Å². The molecule has 1 aliphatic carbocycles. The SMILES string of the molecule is CNc1c(C(=O)NC2CC2)cnc2cc(C(F)(F)F)c(-c3ccc(OCCCN4CCC(Cc5cccc6c5C(=O)N(C5CCC(=O)NC5=O)C6=O)CC4)nc3)cc12. The molecule has 2 aromatic heterocycles. The Balaban J connectivity index is 0.851. The van der Waals surface area contributed by atoms with Crippen molar-refractivity contribution in [1.82, 2.24) is 30.4 Å². The van der Waals surface area contributed by atoms with Crippen LogP contribution < -0.4 is 20.7 Å². The highest BCUT2D eigenvalue weighted by Crippen LogP contribution is 2.41. The number of rotatable bonds is 12. The Bertz CT molecular complexity index is 2310. The second-order valence-electron chi connectivity index (χ2n) is 15.3. The largest absolute Gasteiger partial charge is 0.478 e. The van der Waals surface area contributed by atoms with Gasteiger partial charge in [-0.1, -0.05) is 12.1 Å². The first-order valence-electron chi connectivity index (χ1n) is 19.6. The highest BCUT2D eigenvalue weighted by atomic mass is 19.4. The van der Waals surface area contributed by atoms with Gasteiger partial charge in [0.1, 0.15) is 6.04 Å². The number of benzene rings is 2. The molecule has 4 aliphatic rings. The lowest BCUT2D eigenvalue weighted by Crippen LogP contribution is -2.54. The van der Waals surface area contributed by atoms with Crippen molar-refractivity contribution in [2.24, 2.45) is 5.92 Å². The van der Waals surface area contributed by atoms with Gasteiger partial charge >= 0.3 is 6.18 Å². The van der Waals surface area contributed by atoms with Crippen LogP contribution in [-0.2, 0) is 22.2 Å². The van der Waals surface area contributed by atoms with Crippen molar-refractivity contribution in [1.29, 1.82) is 0 Å². The van der Waals surface area contributed by atoms with Crippen LogP contribution in [-0.4, -0.2) is 94.7 Å². The Morgan fingerprint density at radius 3 is 2.43 bits per heavy atom. The van der Waals surface area contributed by atoms with Gasteiger partial charge in [-0.2, -0.15) is 13.2 Å². The second kappa shape index (κ2) is 15.8. The van der Waals surface area contributed by atoms with E-state index in [-0.39, 0.29) is 52.9 Å². The van der Waals surface area contributed by atoms with Crippen molar-refractivity contribution in [3.05, 3.63) is 82.7 Å². The molecule has 3 fully saturated rings. The van der Waals surface area contributed by atoms with Gasteiger partial charge in [0, 0.05) is 55.5 Å². The molecule has 1 unspecified atom stereocenters. The number of nitrogens with zero attached hydrogens (tertiary/aromatic N) is 4. The summed E-state index contributed by atoms with van der Waals surface area (Å²) < 4.78 is 48.8. The number of halogens is 3. The summed E-state index contributed by atoms with van der Waals surface area (Å²) in [6.45, 7) is 2.81. The number of pyridine rings is 2. The number of anilines is 1. The number of piperidine rings is 2.